The fraction of sp³-hybridized carbons (Fsp3) is 0. The standard InChI is InChI=1S/C15H10N4O3S/c16-15-18(11-4-2-1-3-5-11)17-14(23-15)13(20)10-6-8-12(9-7-10)19(21)22/h1-9,16H. The first-order chi connectivity index (χ1) is 11.1. The number of hydrogen-bond donors (Lipinski definition) is 1. The Morgan fingerprint density at radius 3 is 2.39 bits per heavy atom. The molecule has 0 saturated heterocycles. The summed E-state index contributed by atoms with van der Waals surface area (Å²) >= 11 is 0.958. The lowest BCUT2D eigenvalue weighted by molar-refractivity contribution is -0.384. The normalized spacial score (nSPS) is 10.4. The number of hydrogen-bond acceptors (Lipinski definition) is 6. The van der Waals surface area contributed by atoms with Gasteiger partial charge in [-0.25, -0.2) is 4.68 Å². The minimum atomic E-state index is -0.525. The Kier molecular flexibility index (Phi) is 3.82. The summed E-state index contributed by atoms with van der Waals surface area (Å²) in [6, 6.07) is 14.4. The van der Waals surface area contributed by atoms with E-state index in [1.54, 1.807) is 12.1 Å². The number of para-hydroxylation sites is 1. The molecule has 114 valence electrons. The maximum absolute atomic E-state index is 12.4. The number of nitrogens with zero attached hydrogens (tertiary/aromatic N) is 3. The number of carbonyl (C=O) groups excluding carboxylic acids is 1. The third-order valence-electron chi connectivity index (χ3n) is 3.11. The van der Waals surface area contributed by atoms with E-state index in [2.05, 4.69) is 5.10 Å². The third kappa shape index (κ3) is 2.92. The van der Waals surface area contributed by atoms with Gasteiger partial charge in [0.2, 0.25) is 10.6 Å². The molecule has 8 heteroatoms. The van der Waals surface area contributed by atoms with E-state index in [4.69, 9.17) is 5.41 Å². The second-order valence-electron chi connectivity index (χ2n) is 4.59. The van der Waals surface area contributed by atoms with Crippen LogP contribution in [0.2, 0.25) is 0 Å². The van der Waals surface area contributed by atoms with Gasteiger partial charge in [0.15, 0.2) is 5.01 Å². The predicted octanol–water partition coefficient (Wildman–Crippen LogP) is 2.55. The van der Waals surface area contributed by atoms with Crippen LogP contribution in [0.25, 0.3) is 5.69 Å². The smallest absolute Gasteiger partial charge is 0.269 e. The van der Waals surface area contributed by atoms with Gasteiger partial charge in [0.1, 0.15) is 0 Å². The molecule has 0 atom stereocenters. The van der Waals surface area contributed by atoms with Crippen LogP contribution in [0.15, 0.2) is 54.6 Å². The van der Waals surface area contributed by atoms with E-state index >= 15 is 0 Å². The Morgan fingerprint density at radius 2 is 1.78 bits per heavy atom. The van der Waals surface area contributed by atoms with Crippen molar-refractivity contribution in [2.45, 2.75) is 0 Å². The molecule has 1 aromatic heterocycles. The quantitative estimate of drug-likeness (QED) is 0.452. The van der Waals surface area contributed by atoms with Gasteiger partial charge in [0.25, 0.3) is 5.69 Å². The largest absolute Gasteiger partial charge is 0.286 e. The Morgan fingerprint density at radius 1 is 1.13 bits per heavy atom. The molecule has 0 unspecified atom stereocenters. The van der Waals surface area contributed by atoms with Crippen molar-refractivity contribution in [3.63, 3.8) is 0 Å². The molecule has 0 aliphatic rings. The van der Waals surface area contributed by atoms with E-state index in [0.29, 0.717) is 11.3 Å². The fourth-order valence-electron chi connectivity index (χ4n) is 1.99. The zero-order valence-corrected chi connectivity index (χ0v) is 12.5. The summed E-state index contributed by atoms with van der Waals surface area (Å²) in [6.07, 6.45) is 0. The van der Waals surface area contributed by atoms with E-state index in [1.165, 1.54) is 28.9 Å². The number of nitro benzene ring substituents is 1. The number of rotatable bonds is 4. The summed E-state index contributed by atoms with van der Waals surface area (Å²) in [5.74, 6) is -0.368. The number of carbonyl (C=O) groups is 1. The average molecular weight is 326 g/mol. The zero-order chi connectivity index (χ0) is 16.4. The number of ketones is 1. The molecule has 0 saturated carbocycles. The molecule has 3 rings (SSSR count). The van der Waals surface area contributed by atoms with Gasteiger partial charge >= 0.3 is 0 Å². The zero-order valence-electron chi connectivity index (χ0n) is 11.7. The van der Waals surface area contributed by atoms with Gasteiger partial charge in [-0.15, -0.1) is 0 Å². The molecule has 0 bridgehead atoms. The summed E-state index contributed by atoms with van der Waals surface area (Å²) in [5.41, 5.74) is 0.905. The Hall–Kier alpha value is -3.13. The molecular formula is C15H10N4O3S. The fourth-order valence-corrected chi connectivity index (χ4v) is 2.73. The summed E-state index contributed by atoms with van der Waals surface area (Å²) in [5, 5.41) is 22.9. The second-order valence-corrected chi connectivity index (χ2v) is 5.57. The van der Waals surface area contributed by atoms with Crippen LogP contribution < -0.4 is 4.80 Å². The maximum atomic E-state index is 12.4. The van der Waals surface area contributed by atoms with Gasteiger partial charge in [-0.3, -0.25) is 20.3 Å². The Labute approximate surface area is 134 Å². The lowest BCUT2D eigenvalue weighted by atomic mass is 10.1. The minimum Gasteiger partial charge on any atom is -0.286 e. The maximum Gasteiger partial charge on any atom is 0.269 e. The summed E-state index contributed by atoms with van der Waals surface area (Å²) in [4.78, 5) is 22.6. The first-order valence-corrected chi connectivity index (χ1v) is 7.37. The van der Waals surface area contributed by atoms with Gasteiger partial charge in [-0.05, 0) is 24.3 Å². The summed E-state index contributed by atoms with van der Waals surface area (Å²) in [6.45, 7) is 0. The molecule has 0 fully saturated rings. The summed E-state index contributed by atoms with van der Waals surface area (Å²) in [7, 11) is 0. The van der Waals surface area contributed by atoms with Crippen molar-refractivity contribution in [2.24, 2.45) is 0 Å². The number of nitro groups is 1. The van der Waals surface area contributed by atoms with Crippen LogP contribution in [0.4, 0.5) is 5.69 Å². The molecule has 0 amide bonds. The molecule has 0 spiro atoms. The van der Waals surface area contributed by atoms with E-state index in [9.17, 15) is 14.9 Å². The first kappa shape index (κ1) is 14.8. The molecule has 2 aromatic carbocycles. The molecule has 23 heavy (non-hydrogen) atoms. The molecule has 3 aromatic rings. The number of nitrogens with one attached hydrogen (secondary N) is 1. The molecular weight excluding hydrogens is 316 g/mol. The number of aromatic nitrogens is 2. The highest BCUT2D eigenvalue weighted by molar-refractivity contribution is 7.11. The van der Waals surface area contributed by atoms with Gasteiger partial charge in [-0.2, -0.15) is 5.10 Å². The van der Waals surface area contributed by atoms with Crippen LogP contribution in [-0.2, 0) is 0 Å². The SMILES string of the molecule is N=c1sc(C(=O)c2ccc([N+](=O)[O-])cc2)nn1-c1ccccc1. The van der Waals surface area contributed by atoms with Crippen LogP contribution >= 0.6 is 11.3 Å². The highest BCUT2D eigenvalue weighted by Gasteiger charge is 2.17. The van der Waals surface area contributed by atoms with Crippen LogP contribution in [0.5, 0.6) is 0 Å². The first-order valence-electron chi connectivity index (χ1n) is 6.55. The molecule has 0 aliphatic heterocycles. The lowest BCUT2D eigenvalue weighted by Crippen LogP contribution is -2.12. The Bertz CT molecular complexity index is 929. The van der Waals surface area contributed by atoms with Crippen LogP contribution in [-0.4, -0.2) is 20.5 Å². The topological polar surface area (TPSA) is 102 Å². The van der Waals surface area contributed by atoms with E-state index in [-0.39, 0.29) is 21.3 Å². The molecule has 1 N–H and O–H groups in total. The van der Waals surface area contributed by atoms with Gasteiger partial charge in [0, 0.05) is 17.7 Å². The molecule has 0 radical (unpaired) electrons. The Balaban J connectivity index is 1.95. The molecule has 0 aliphatic carbocycles. The van der Waals surface area contributed by atoms with Crippen LogP contribution in [0.1, 0.15) is 15.4 Å². The van der Waals surface area contributed by atoms with E-state index < -0.39 is 4.92 Å². The number of benzene rings is 2. The third-order valence-corrected chi connectivity index (χ3v) is 3.94. The van der Waals surface area contributed by atoms with Gasteiger partial charge in [0.05, 0.1) is 10.6 Å². The molecule has 7 nitrogen and oxygen atoms in total. The van der Waals surface area contributed by atoms with Crippen molar-refractivity contribution in [1.29, 1.82) is 5.41 Å². The van der Waals surface area contributed by atoms with E-state index in [0.717, 1.165) is 11.3 Å². The second kappa shape index (κ2) is 5.93. The van der Waals surface area contributed by atoms with Crippen molar-refractivity contribution >= 4 is 22.8 Å². The monoisotopic (exact) mass is 326 g/mol. The van der Waals surface area contributed by atoms with Crippen molar-refractivity contribution in [3.8, 4) is 5.69 Å². The van der Waals surface area contributed by atoms with Crippen molar-refractivity contribution in [1.82, 2.24) is 9.78 Å². The van der Waals surface area contributed by atoms with Gasteiger partial charge in [-0.1, -0.05) is 29.5 Å². The van der Waals surface area contributed by atoms with Gasteiger partial charge < -0.3 is 0 Å². The number of non-ortho nitro benzene ring substituents is 1. The van der Waals surface area contributed by atoms with E-state index in [1.807, 2.05) is 18.2 Å². The van der Waals surface area contributed by atoms with Crippen LogP contribution in [0, 0.1) is 15.5 Å². The highest BCUT2D eigenvalue weighted by Crippen LogP contribution is 2.16. The highest BCUT2D eigenvalue weighted by atomic mass is 32.1. The summed E-state index contributed by atoms with van der Waals surface area (Å²) < 4.78 is 1.38. The predicted molar refractivity (Wildman–Crippen MR) is 83.8 cm³/mol. The minimum absolute atomic E-state index is 0.0822. The molecule has 1 heterocycles. The van der Waals surface area contributed by atoms with Crippen molar-refractivity contribution in [3.05, 3.63) is 80.1 Å². The average Bonchev–Trinajstić information content (AvgIpc) is 2.97. The van der Waals surface area contributed by atoms with Crippen molar-refractivity contribution < 1.29 is 9.72 Å². The lowest BCUT2D eigenvalue weighted by Gasteiger charge is -1.99. The van der Waals surface area contributed by atoms with Crippen LogP contribution in [0.3, 0.4) is 0 Å². The van der Waals surface area contributed by atoms with Crippen molar-refractivity contribution in [2.75, 3.05) is 0 Å².